The van der Waals surface area contributed by atoms with Crippen LogP contribution in [0.15, 0.2) is 46.9 Å². The predicted molar refractivity (Wildman–Crippen MR) is 86.4 cm³/mol. The summed E-state index contributed by atoms with van der Waals surface area (Å²) < 4.78 is 26.8. The van der Waals surface area contributed by atoms with Crippen LogP contribution in [0.2, 0.25) is 0 Å². The molecule has 0 aliphatic heterocycles. The fourth-order valence-corrected chi connectivity index (χ4v) is 2.59. The van der Waals surface area contributed by atoms with Gasteiger partial charge in [0.15, 0.2) is 0 Å². The smallest absolute Gasteiger partial charge is 0.137 e. The summed E-state index contributed by atoms with van der Waals surface area (Å²) in [4.78, 5) is 0. The summed E-state index contributed by atoms with van der Waals surface area (Å²) in [5.74, 6) is -0.523. The van der Waals surface area contributed by atoms with Crippen LogP contribution in [-0.4, -0.2) is 0 Å². The van der Waals surface area contributed by atoms with Gasteiger partial charge in [0.1, 0.15) is 11.6 Å². The van der Waals surface area contributed by atoms with Crippen LogP contribution in [0.3, 0.4) is 0 Å². The molecule has 0 aromatic heterocycles. The largest absolute Gasteiger partial charge is 0.378 e. The Bertz CT molecular complexity index is 584. The van der Waals surface area contributed by atoms with Crippen molar-refractivity contribution in [3.8, 4) is 0 Å². The van der Waals surface area contributed by atoms with Crippen LogP contribution >= 0.6 is 15.9 Å². The van der Waals surface area contributed by atoms with Gasteiger partial charge in [0.05, 0.1) is 10.5 Å². The minimum atomic E-state index is -0.285. The number of benzene rings is 2. The van der Waals surface area contributed by atoms with Crippen molar-refractivity contribution in [2.75, 3.05) is 5.32 Å². The fraction of sp³-hybridized carbons (Fsp3) is 0.294. The quantitative estimate of drug-likeness (QED) is 0.664. The van der Waals surface area contributed by atoms with E-state index in [1.165, 1.54) is 18.2 Å². The maximum Gasteiger partial charge on any atom is 0.137 e. The van der Waals surface area contributed by atoms with Gasteiger partial charge in [-0.3, -0.25) is 0 Å². The number of hydrogen-bond donors (Lipinski definition) is 1. The Kier molecular flexibility index (Phi) is 5.74. The standard InChI is InChI=1S/C17H18BrF2N/c1-2-3-4-17(12-5-7-13(19)8-6-12)21-14-9-10-16(20)15(18)11-14/h5-11,17,21H,2-4H2,1H3. The third kappa shape index (κ3) is 4.53. The molecule has 0 radical (unpaired) electrons. The van der Waals surface area contributed by atoms with E-state index in [2.05, 4.69) is 28.2 Å². The number of unbranched alkanes of at least 4 members (excludes halogenated alkanes) is 1. The van der Waals surface area contributed by atoms with Gasteiger partial charge in [0, 0.05) is 5.69 Å². The lowest BCUT2D eigenvalue weighted by atomic mass is 10.0. The molecule has 4 heteroatoms. The molecule has 0 spiro atoms. The highest BCUT2D eigenvalue weighted by Gasteiger charge is 2.12. The van der Waals surface area contributed by atoms with Crippen molar-refractivity contribution in [3.05, 3.63) is 64.1 Å². The van der Waals surface area contributed by atoms with Crippen molar-refractivity contribution < 1.29 is 8.78 Å². The van der Waals surface area contributed by atoms with E-state index in [0.29, 0.717) is 4.47 Å². The molecule has 0 fully saturated rings. The number of rotatable bonds is 6. The van der Waals surface area contributed by atoms with Crippen molar-refractivity contribution in [1.82, 2.24) is 0 Å². The summed E-state index contributed by atoms with van der Waals surface area (Å²) in [5, 5.41) is 3.40. The Morgan fingerprint density at radius 3 is 2.43 bits per heavy atom. The first-order valence-corrected chi connectivity index (χ1v) is 7.86. The van der Waals surface area contributed by atoms with Gasteiger partial charge in [-0.1, -0.05) is 31.9 Å². The van der Waals surface area contributed by atoms with Gasteiger partial charge >= 0.3 is 0 Å². The fourth-order valence-electron chi connectivity index (χ4n) is 2.21. The van der Waals surface area contributed by atoms with Crippen LogP contribution in [0, 0.1) is 11.6 Å². The number of halogens is 3. The lowest BCUT2D eigenvalue weighted by molar-refractivity contribution is 0.614. The molecule has 1 unspecified atom stereocenters. The molecule has 2 aromatic carbocycles. The molecule has 2 aromatic rings. The molecule has 0 amide bonds. The molecular formula is C17H18BrF2N. The minimum absolute atomic E-state index is 0.0860. The topological polar surface area (TPSA) is 12.0 Å². The van der Waals surface area contributed by atoms with Gasteiger partial charge in [-0.15, -0.1) is 0 Å². The van der Waals surface area contributed by atoms with Crippen LogP contribution in [0.4, 0.5) is 14.5 Å². The summed E-state index contributed by atoms with van der Waals surface area (Å²) in [6.45, 7) is 2.14. The normalized spacial score (nSPS) is 12.2. The van der Waals surface area contributed by atoms with Gasteiger partial charge in [-0.05, 0) is 58.2 Å². The zero-order valence-corrected chi connectivity index (χ0v) is 13.5. The summed E-state index contributed by atoms with van der Waals surface area (Å²) in [7, 11) is 0. The monoisotopic (exact) mass is 353 g/mol. The Hall–Kier alpha value is -1.42. The maximum atomic E-state index is 13.3. The van der Waals surface area contributed by atoms with E-state index in [9.17, 15) is 8.78 Å². The molecule has 0 saturated carbocycles. The second kappa shape index (κ2) is 7.55. The maximum absolute atomic E-state index is 13.3. The molecule has 112 valence electrons. The van der Waals surface area contributed by atoms with Crippen molar-refractivity contribution in [2.45, 2.75) is 32.2 Å². The van der Waals surface area contributed by atoms with Gasteiger partial charge in [0.25, 0.3) is 0 Å². The third-order valence-electron chi connectivity index (χ3n) is 3.38. The molecule has 1 atom stereocenters. The highest BCUT2D eigenvalue weighted by atomic mass is 79.9. The van der Waals surface area contributed by atoms with E-state index >= 15 is 0 Å². The second-order valence-corrected chi connectivity index (χ2v) is 5.87. The van der Waals surface area contributed by atoms with Crippen molar-refractivity contribution >= 4 is 21.6 Å². The number of anilines is 1. The van der Waals surface area contributed by atoms with Crippen LogP contribution in [0.25, 0.3) is 0 Å². The van der Waals surface area contributed by atoms with Crippen LogP contribution in [0.5, 0.6) is 0 Å². The zero-order chi connectivity index (χ0) is 15.2. The Balaban J connectivity index is 2.19. The van der Waals surface area contributed by atoms with E-state index in [1.54, 1.807) is 24.3 Å². The molecule has 21 heavy (non-hydrogen) atoms. The molecule has 2 rings (SSSR count). The average Bonchev–Trinajstić information content (AvgIpc) is 2.48. The van der Waals surface area contributed by atoms with Gasteiger partial charge < -0.3 is 5.32 Å². The molecule has 1 N–H and O–H groups in total. The van der Waals surface area contributed by atoms with Gasteiger partial charge in [-0.25, -0.2) is 8.78 Å². The van der Waals surface area contributed by atoms with E-state index in [0.717, 1.165) is 30.5 Å². The van der Waals surface area contributed by atoms with E-state index in [4.69, 9.17) is 0 Å². The number of nitrogens with one attached hydrogen (secondary N) is 1. The predicted octanol–water partition coefficient (Wildman–Crippen LogP) is 6.07. The molecule has 1 nitrogen and oxygen atoms in total. The van der Waals surface area contributed by atoms with Crippen molar-refractivity contribution in [3.63, 3.8) is 0 Å². The van der Waals surface area contributed by atoms with E-state index in [-0.39, 0.29) is 17.7 Å². The molecular weight excluding hydrogens is 336 g/mol. The molecule has 0 heterocycles. The highest BCUT2D eigenvalue weighted by Crippen LogP contribution is 2.27. The average molecular weight is 354 g/mol. The molecule has 0 bridgehead atoms. The van der Waals surface area contributed by atoms with Crippen molar-refractivity contribution in [2.24, 2.45) is 0 Å². The third-order valence-corrected chi connectivity index (χ3v) is 3.99. The van der Waals surface area contributed by atoms with Crippen molar-refractivity contribution in [1.29, 1.82) is 0 Å². The van der Waals surface area contributed by atoms with Crippen LogP contribution < -0.4 is 5.32 Å². The first-order valence-electron chi connectivity index (χ1n) is 7.07. The summed E-state index contributed by atoms with van der Waals surface area (Å²) in [5.41, 5.74) is 1.87. The second-order valence-electron chi connectivity index (χ2n) is 5.02. The summed E-state index contributed by atoms with van der Waals surface area (Å²) in [6.07, 6.45) is 3.10. The Morgan fingerprint density at radius 1 is 1.10 bits per heavy atom. The summed E-state index contributed by atoms with van der Waals surface area (Å²) in [6, 6.07) is 11.5. The van der Waals surface area contributed by atoms with E-state index < -0.39 is 0 Å². The Labute approximate surface area is 132 Å². The minimum Gasteiger partial charge on any atom is -0.378 e. The lowest BCUT2D eigenvalue weighted by Gasteiger charge is -2.20. The summed E-state index contributed by atoms with van der Waals surface area (Å²) >= 11 is 3.19. The Morgan fingerprint density at radius 2 is 1.81 bits per heavy atom. The van der Waals surface area contributed by atoms with Crippen LogP contribution in [-0.2, 0) is 0 Å². The first-order chi connectivity index (χ1) is 10.1. The molecule has 0 saturated heterocycles. The molecule has 0 aliphatic rings. The number of hydrogen-bond acceptors (Lipinski definition) is 1. The highest BCUT2D eigenvalue weighted by molar-refractivity contribution is 9.10. The van der Waals surface area contributed by atoms with Gasteiger partial charge in [0.2, 0.25) is 0 Å². The van der Waals surface area contributed by atoms with Crippen LogP contribution in [0.1, 0.15) is 37.8 Å². The lowest BCUT2D eigenvalue weighted by Crippen LogP contribution is -2.11. The van der Waals surface area contributed by atoms with E-state index in [1.807, 2.05) is 0 Å². The SMILES string of the molecule is CCCCC(Nc1ccc(F)c(Br)c1)c1ccc(F)cc1. The zero-order valence-electron chi connectivity index (χ0n) is 11.9. The first kappa shape index (κ1) is 16.0. The van der Waals surface area contributed by atoms with Gasteiger partial charge in [-0.2, -0.15) is 0 Å². The molecule has 0 aliphatic carbocycles.